The predicted molar refractivity (Wildman–Crippen MR) is 122 cm³/mol. The van der Waals surface area contributed by atoms with Crippen molar-refractivity contribution in [1.29, 1.82) is 0 Å². The summed E-state index contributed by atoms with van der Waals surface area (Å²) in [6.07, 6.45) is 0.658. The van der Waals surface area contributed by atoms with Crippen LogP contribution in [0.15, 0.2) is 65.6 Å². The number of methoxy groups -OCH3 is 1. The van der Waals surface area contributed by atoms with Gasteiger partial charge in [-0.05, 0) is 67.3 Å². The number of nitrogens with one attached hydrogen (secondary N) is 1. The van der Waals surface area contributed by atoms with Gasteiger partial charge in [0.2, 0.25) is 0 Å². The third-order valence-corrected chi connectivity index (χ3v) is 7.30. The van der Waals surface area contributed by atoms with E-state index in [1.54, 1.807) is 6.07 Å². The molecule has 0 radical (unpaired) electrons. The summed E-state index contributed by atoms with van der Waals surface area (Å²) in [4.78, 5) is 13.1. The molecule has 7 heteroatoms. The van der Waals surface area contributed by atoms with Crippen LogP contribution in [0.3, 0.4) is 0 Å². The lowest BCUT2D eigenvalue weighted by molar-refractivity contribution is 0.102. The maximum absolute atomic E-state index is 13.4. The predicted octanol–water partition coefficient (Wildman–Crippen LogP) is 4.32. The highest BCUT2D eigenvalue weighted by atomic mass is 32.2. The van der Waals surface area contributed by atoms with Crippen molar-refractivity contribution in [2.75, 3.05) is 23.3 Å². The summed E-state index contributed by atoms with van der Waals surface area (Å²) in [5.74, 6) is -0.118. The fraction of sp³-hybridized carbons (Fsp3) is 0.208. The Bertz CT molecular complexity index is 1270. The normalized spacial score (nSPS) is 13.1. The molecule has 160 valence electrons. The second-order valence-corrected chi connectivity index (χ2v) is 9.45. The van der Waals surface area contributed by atoms with Crippen LogP contribution in [-0.2, 0) is 16.4 Å². The van der Waals surface area contributed by atoms with Gasteiger partial charge >= 0.3 is 0 Å². The lowest BCUT2D eigenvalue weighted by atomic mass is 10.1. The molecule has 1 aliphatic rings. The fourth-order valence-electron chi connectivity index (χ4n) is 3.77. The molecule has 3 aromatic rings. The molecule has 0 atom stereocenters. The van der Waals surface area contributed by atoms with Gasteiger partial charge in [0.05, 0.1) is 23.3 Å². The van der Waals surface area contributed by atoms with Crippen molar-refractivity contribution in [3.63, 3.8) is 0 Å². The third kappa shape index (κ3) is 3.88. The van der Waals surface area contributed by atoms with E-state index in [4.69, 9.17) is 4.74 Å². The van der Waals surface area contributed by atoms with Gasteiger partial charge in [0.25, 0.3) is 15.9 Å². The van der Waals surface area contributed by atoms with Gasteiger partial charge in [0.15, 0.2) is 0 Å². The van der Waals surface area contributed by atoms with Crippen molar-refractivity contribution in [2.24, 2.45) is 0 Å². The average Bonchev–Trinajstić information content (AvgIpc) is 3.21. The number of hydrogen-bond donors (Lipinski definition) is 1. The number of anilines is 2. The zero-order valence-electron chi connectivity index (χ0n) is 17.7. The van der Waals surface area contributed by atoms with Gasteiger partial charge in [-0.3, -0.25) is 9.10 Å². The first kappa shape index (κ1) is 20.9. The van der Waals surface area contributed by atoms with Crippen LogP contribution in [0.2, 0.25) is 0 Å². The Kier molecular flexibility index (Phi) is 5.45. The Balaban J connectivity index is 1.71. The number of hydrogen-bond acceptors (Lipinski definition) is 4. The van der Waals surface area contributed by atoms with Crippen LogP contribution in [0.4, 0.5) is 11.4 Å². The summed E-state index contributed by atoms with van der Waals surface area (Å²) < 4.78 is 33.5. The van der Waals surface area contributed by atoms with Crippen LogP contribution < -0.4 is 14.4 Å². The number of aryl methyl sites for hydroxylation is 2. The number of carbonyl (C=O) groups excluding carboxylic acids is 1. The lowest BCUT2D eigenvalue weighted by Crippen LogP contribution is -2.29. The molecule has 0 bridgehead atoms. The Morgan fingerprint density at radius 1 is 1.03 bits per heavy atom. The molecule has 1 N–H and O–H groups in total. The lowest BCUT2D eigenvalue weighted by Gasteiger charge is -2.20. The van der Waals surface area contributed by atoms with E-state index >= 15 is 0 Å². The molecule has 31 heavy (non-hydrogen) atoms. The van der Waals surface area contributed by atoms with Crippen LogP contribution in [0.25, 0.3) is 0 Å². The molecular formula is C24H24N2O4S. The number of ether oxygens (including phenoxy) is 1. The van der Waals surface area contributed by atoms with Gasteiger partial charge in [-0.25, -0.2) is 8.42 Å². The van der Waals surface area contributed by atoms with E-state index < -0.39 is 15.9 Å². The molecule has 4 rings (SSSR count). The first-order valence-corrected chi connectivity index (χ1v) is 11.4. The highest BCUT2D eigenvalue weighted by Gasteiger charge is 2.31. The maximum Gasteiger partial charge on any atom is 0.264 e. The quantitative estimate of drug-likeness (QED) is 0.646. The summed E-state index contributed by atoms with van der Waals surface area (Å²) >= 11 is 0. The molecule has 1 aliphatic heterocycles. The molecule has 1 amide bonds. The van der Waals surface area contributed by atoms with Gasteiger partial charge in [0.1, 0.15) is 5.75 Å². The largest absolute Gasteiger partial charge is 0.496 e. The van der Waals surface area contributed by atoms with E-state index in [0.29, 0.717) is 30.1 Å². The Hall–Kier alpha value is -3.32. The van der Waals surface area contributed by atoms with Gasteiger partial charge in [-0.15, -0.1) is 0 Å². The number of para-hydroxylation sites is 1. The zero-order valence-corrected chi connectivity index (χ0v) is 18.5. The van der Waals surface area contributed by atoms with Gasteiger partial charge in [0, 0.05) is 12.2 Å². The van der Waals surface area contributed by atoms with E-state index in [0.717, 1.165) is 16.7 Å². The zero-order chi connectivity index (χ0) is 22.2. The van der Waals surface area contributed by atoms with Gasteiger partial charge < -0.3 is 10.1 Å². The molecule has 0 aromatic heterocycles. The molecule has 1 heterocycles. The van der Waals surface area contributed by atoms with E-state index in [2.05, 4.69) is 5.32 Å². The van der Waals surface area contributed by atoms with E-state index in [1.807, 2.05) is 50.2 Å². The van der Waals surface area contributed by atoms with Crippen LogP contribution in [0.5, 0.6) is 5.75 Å². The number of sulfonamides is 1. The number of benzene rings is 3. The van der Waals surface area contributed by atoms with Crippen molar-refractivity contribution >= 4 is 27.3 Å². The average molecular weight is 437 g/mol. The third-order valence-electron chi connectivity index (χ3n) is 5.49. The minimum atomic E-state index is -3.82. The van der Waals surface area contributed by atoms with Crippen LogP contribution >= 0.6 is 0 Å². The van der Waals surface area contributed by atoms with E-state index in [-0.39, 0.29) is 10.5 Å². The van der Waals surface area contributed by atoms with Crippen LogP contribution in [-0.4, -0.2) is 28.0 Å². The summed E-state index contributed by atoms with van der Waals surface area (Å²) in [5.41, 5.74) is 4.44. The van der Waals surface area contributed by atoms with Crippen molar-refractivity contribution in [2.45, 2.75) is 25.2 Å². The summed E-state index contributed by atoms with van der Waals surface area (Å²) in [7, 11) is -2.37. The van der Waals surface area contributed by atoms with Crippen molar-refractivity contribution in [1.82, 2.24) is 0 Å². The SMILES string of the molecule is COc1ccc(S(=O)(=O)N2CCc3ccccc32)cc1C(=O)Nc1cc(C)ccc1C. The Morgan fingerprint density at radius 3 is 2.58 bits per heavy atom. The highest BCUT2D eigenvalue weighted by molar-refractivity contribution is 7.92. The summed E-state index contributed by atoms with van der Waals surface area (Å²) in [6.45, 7) is 4.21. The second-order valence-electron chi connectivity index (χ2n) is 7.59. The Labute approximate surface area is 182 Å². The maximum atomic E-state index is 13.4. The van der Waals surface area contributed by atoms with E-state index in [1.165, 1.54) is 29.6 Å². The van der Waals surface area contributed by atoms with Crippen molar-refractivity contribution < 1.29 is 17.9 Å². The number of carbonyl (C=O) groups is 1. The number of nitrogens with zero attached hydrogens (tertiary/aromatic N) is 1. The number of rotatable bonds is 5. The molecule has 0 spiro atoms. The minimum Gasteiger partial charge on any atom is -0.496 e. The van der Waals surface area contributed by atoms with E-state index in [9.17, 15) is 13.2 Å². The first-order chi connectivity index (χ1) is 14.8. The first-order valence-electron chi connectivity index (χ1n) is 9.98. The highest BCUT2D eigenvalue weighted by Crippen LogP contribution is 2.34. The van der Waals surface area contributed by atoms with Gasteiger partial charge in [-0.1, -0.05) is 30.3 Å². The van der Waals surface area contributed by atoms with Crippen molar-refractivity contribution in [3.8, 4) is 5.75 Å². The standard InChI is InChI=1S/C24H24N2O4S/c1-16-8-9-17(2)21(14-16)25-24(27)20-15-19(10-11-23(20)30-3)31(28,29)26-13-12-18-6-4-5-7-22(18)26/h4-11,14-15H,12-13H2,1-3H3,(H,25,27). The topological polar surface area (TPSA) is 75.7 Å². The molecule has 3 aromatic carbocycles. The molecule has 6 nitrogen and oxygen atoms in total. The number of fused-ring (bicyclic) bond motifs is 1. The van der Waals surface area contributed by atoms with Crippen molar-refractivity contribution in [3.05, 3.63) is 82.9 Å². The molecule has 0 unspecified atom stereocenters. The molecular weight excluding hydrogens is 412 g/mol. The van der Waals surface area contributed by atoms with Gasteiger partial charge in [-0.2, -0.15) is 0 Å². The number of amides is 1. The molecule has 0 aliphatic carbocycles. The smallest absolute Gasteiger partial charge is 0.264 e. The second kappa shape index (κ2) is 8.07. The molecule has 0 saturated carbocycles. The molecule has 0 saturated heterocycles. The van der Waals surface area contributed by atoms with Crippen LogP contribution in [0.1, 0.15) is 27.0 Å². The fourth-order valence-corrected chi connectivity index (χ4v) is 5.30. The summed E-state index contributed by atoms with van der Waals surface area (Å²) in [5, 5.41) is 2.88. The minimum absolute atomic E-state index is 0.0520. The molecule has 0 fully saturated rings. The summed E-state index contributed by atoms with van der Waals surface area (Å²) in [6, 6.07) is 17.6. The van der Waals surface area contributed by atoms with Crippen LogP contribution in [0, 0.1) is 13.8 Å². The monoisotopic (exact) mass is 436 g/mol. The Morgan fingerprint density at radius 2 is 1.81 bits per heavy atom.